The molecule has 1 saturated heterocycles. The molecule has 72 valence electrons. The minimum atomic E-state index is -0.277. The second-order valence-electron chi connectivity index (χ2n) is 3.11. The summed E-state index contributed by atoms with van der Waals surface area (Å²) in [5, 5.41) is 0. The molecule has 1 heterocycles. The van der Waals surface area contributed by atoms with Gasteiger partial charge in [-0.15, -0.1) is 0 Å². The number of hydrogen-bond donors (Lipinski definition) is 0. The van der Waals surface area contributed by atoms with Crippen molar-refractivity contribution < 1.29 is 13.9 Å². The Hall–Kier alpha value is -1.64. The third-order valence-electron chi connectivity index (χ3n) is 2.08. The van der Waals surface area contributed by atoms with E-state index in [4.69, 9.17) is 4.74 Å². The van der Waals surface area contributed by atoms with Crippen LogP contribution in [0.4, 0.5) is 4.39 Å². The van der Waals surface area contributed by atoms with Crippen LogP contribution in [0.15, 0.2) is 29.8 Å². The zero-order valence-electron chi connectivity index (χ0n) is 7.50. The van der Waals surface area contributed by atoms with Gasteiger partial charge in [0.05, 0.1) is 6.61 Å². The second kappa shape index (κ2) is 3.62. The summed E-state index contributed by atoms with van der Waals surface area (Å²) in [4.78, 5) is 11.1. The Morgan fingerprint density at radius 2 is 2.00 bits per heavy atom. The lowest BCUT2D eigenvalue weighted by molar-refractivity contribution is -0.134. The van der Waals surface area contributed by atoms with Crippen LogP contribution in [0.25, 0.3) is 6.08 Å². The Labute approximate surface area is 81.0 Å². The highest BCUT2D eigenvalue weighted by Crippen LogP contribution is 2.17. The number of carbonyl (C=O) groups is 1. The van der Waals surface area contributed by atoms with Gasteiger partial charge in [-0.2, -0.15) is 0 Å². The highest BCUT2D eigenvalue weighted by Gasteiger charge is 2.17. The van der Waals surface area contributed by atoms with Crippen molar-refractivity contribution in [2.24, 2.45) is 0 Å². The monoisotopic (exact) mass is 192 g/mol. The van der Waals surface area contributed by atoms with Gasteiger partial charge in [-0.3, -0.25) is 0 Å². The molecule has 0 radical (unpaired) electrons. The van der Waals surface area contributed by atoms with E-state index >= 15 is 0 Å². The van der Waals surface area contributed by atoms with Crippen LogP contribution in [0.2, 0.25) is 0 Å². The highest BCUT2D eigenvalue weighted by atomic mass is 19.1. The largest absolute Gasteiger partial charge is 0.462 e. The molecule has 0 unspecified atom stereocenters. The van der Waals surface area contributed by atoms with Crippen molar-refractivity contribution in [3.63, 3.8) is 0 Å². The third-order valence-corrected chi connectivity index (χ3v) is 2.08. The molecule has 0 N–H and O–H groups in total. The first-order chi connectivity index (χ1) is 6.75. The summed E-state index contributed by atoms with van der Waals surface area (Å²) in [6.07, 6.45) is 2.37. The second-order valence-corrected chi connectivity index (χ2v) is 3.11. The van der Waals surface area contributed by atoms with E-state index < -0.39 is 0 Å². The molecule has 2 nitrogen and oxygen atoms in total. The molecule has 1 aliphatic rings. The zero-order valence-corrected chi connectivity index (χ0v) is 7.50. The maximum Gasteiger partial charge on any atom is 0.334 e. The Morgan fingerprint density at radius 1 is 1.29 bits per heavy atom. The molecule has 0 spiro atoms. The Bertz CT molecular complexity index is 379. The summed E-state index contributed by atoms with van der Waals surface area (Å²) < 4.78 is 17.3. The summed E-state index contributed by atoms with van der Waals surface area (Å²) in [6, 6.07) is 6.00. The van der Waals surface area contributed by atoms with Crippen molar-refractivity contribution in [1.82, 2.24) is 0 Å². The van der Waals surface area contributed by atoms with Crippen molar-refractivity contribution in [3.8, 4) is 0 Å². The third kappa shape index (κ3) is 1.82. The average Bonchev–Trinajstić information content (AvgIpc) is 2.56. The molecule has 0 bridgehead atoms. The van der Waals surface area contributed by atoms with Crippen LogP contribution in [0.1, 0.15) is 12.0 Å². The van der Waals surface area contributed by atoms with Crippen molar-refractivity contribution >= 4 is 12.0 Å². The number of cyclic esters (lactones) is 1. The molecule has 1 aromatic carbocycles. The Morgan fingerprint density at radius 3 is 2.57 bits per heavy atom. The van der Waals surface area contributed by atoms with Crippen LogP contribution in [0, 0.1) is 5.82 Å². The maximum atomic E-state index is 12.6. The normalized spacial score (nSPS) is 18.6. The van der Waals surface area contributed by atoms with Crippen LogP contribution >= 0.6 is 0 Å². The maximum absolute atomic E-state index is 12.6. The highest BCUT2D eigenvalue weighted by molar-refractivity contribution is 5.95. The van der Waals surface area contributed by atoms with Crippen LogP contribution in [-0.4, -0.2) is 12.6 Å². The minimum absolute atomic E-state index is 0.269. The Kier molecular flexibility index (Phi) is 2.31. The topological polar surface area (TPSA) is 26.3 Å². The number of carbonyl (C=O) groups excluding carboxylic acids is 1. The van der Waals surface area contributed by atoms with E-state index in [0.717, 1.165) is 5.56 Å². The van der Waals surface area contributed by atoms with E-state index in [1.165, 1.54) is 12.1 Å². The van der Waals surface area contributed by atoms with E-state index in [0.29, 0.717) is 18.6 Å². The average molecular weight is 192 g/mol. The first kappa shape index (κ1) is 8.94. The fraction of sp³-hybridized carbons (Fsp3) is 0.182. The molecule has 0 aliphatic carbocycles. The molecular formula is C11H9FO2. The fourth-order valence-corrected chi connectivity index (χ4v) is 1.34. The van der Waals surface area contributed by atoms with Gasteiger partial charge in [0.1, 0.15) is 5.82 Å². The summed E-state index contributed by atoms with van der Waals surface area (Å²) in [6.45, 7) is 0.450. The van der Waals surface area contributed by atoms with Gasteiger partial charge in [0.2, 0.25) is 0 Å². The first-order valence-electron chi connectivity index (χ1n) is 4.39. The van der Waals surface area contributed by atoms with Crippen molar-refractivity contribution in [2.45, 2.75) is 6.42 Å². The lowest BCUT2D eigenvalue weighted by Gasteiger charge is -1.94. The van der Waals surface area contributed by atoms with Crippen LogP contribution in [0.5, 0.6) is 0 Å². The fourth-order valence-electron chi connectivity index (χ4n) is 1.34. The zero-order chi connectivity index (χ0) is 9.97. The van der Waals surface area contributed by atoms with Crippen molar-refractivity contribution in [1.29, 1.82) is 0 Å². The molecule has 0 saturated carbocycles. The standard InChI is InChI=1S/C11H9FO2/c12-10-3-1-8(2-4-10)7-9-5-6-14-11(9)13/h1-4,7H,5-6H2/b9-7+. The van der Waals surface area contributed by atoms with Gasteiger partial charge >= 0.3 is 5.97 Å². The van der Waals surface area contributed by atoms with Gasteiger partial charge in [-0.05, 0) is 23.8 Å². The summed E-state index contributed by atoms with van der Waals surface area (Å²) in [5.41, 5.74) is 1.47. The smallest absolute Gasteiger partial charge is 0.334 e. The number of benzene rings is 1. The molecule has 2 rings (SSSR count). The van der Waals surface area contributed by atoms with Crippen LogP contribution in [-0.2, 0) is 9.53 Å². The Balaban J connectivity index is 2.24. The molecule has 1 aromatic rings. The van der Waals surface area contributed by atoms with Gasteiger partial charge in [0, 0.05) is 12.0 Å². The van der Waals surface area contributed by atoms with Crippen LogP contribution in [0.3, 0.4) is 0 Å². The number of ether oxygens (including phenoxy) is 1. The lowest BCUT2D eigenvalue weighted by Crippen LogP contribution is -1.94. The lowest BCUT2D eigenvalue weighted by atomic mass is 10.1. The van der Waals surface area contributed by atoms with E-state index in [1.54, 1.807) is 18.2 Å². The SMILES string of the molecule is O=C1OCC/C1=C\c1ccc(F)cc1. The molecule has 14 heavy (non-hydrogen) atoms. The molecule has 1 aliphatic heterocycles. The number of hydrogen-bond acceptors (Lipinski definition) is 2. The van der Waals surface area contributed by atoms with Gasteiger partial charge < -0.3 is 4.74 Å². The van der Waals surface area contributed by atoms with Crippen molar-refractivity contribution in [3.05, 3.63) is 41.2 Å². The van der Waals surface area contributed by atoms with E-state index in [2.05, 4.69) is 0 Å². The number of halogens is 1. The molecule has 0 atom stereocenters. The number of esters is 1. The van der Waals surface area contributed by atoms with Gasteiger partial charge in [-0.1, -0.05) is 12.1 Å². The predicted molar refractivity (Wildman–Crippen MR) is 50.0 cm³/mol. The van der Waals surface area contributed by atoms with E-state index in [1.807, 2.05) is 0 Å². The van der Waals surface area contributed by atoms with E-state index in [9.17, 15) is 9.18 Å². The molecule has 0 amide bonds. The summed E-state index contributed by atoms with van der Waals surface area (Å²) in [7, 11) is 0. The van der Waals surface area contributed by atoms with Gasteiger partial charge in [0.25, 0.3) is 0 Å². The molecule has 3 heteroatoms. The number of rotatable bonds is 1. The van der Waals surface area contributed by atoms with E-state index in [-0.39, 0.29) is 11.8 Å². The van der Waals surface area contributed by atoms with Gasteiger partial charge in [-0.25, -0.2) is 9.18 Å². The minimum Gasteiger partial charge on any atom is -0.462 e. The predicted octanol–water partition coefficient (Wildman–Crippen LogP) is 2.16. The summed E-state index contributed by atoms with van der Waals surface area (Å²) >= 11 is 0. The molecular weight excluding hydrogens is 183 g/mol. The van der Waals surface area contributed by atoms with Gasteiger partial charge in [0.15, 0.2) is 0 Å². The molecule has 0 aromatic heterocycles. The van der Waals surface area contributed by atoms with Crippen LogP contribution < -0.4 is 0 Å². The molecule has 1 fully saturated rings. The first-order valence-corrected chi connectivity index (χ1v) is 4.39. The van der Waals surface area contributed by atoms with Crippen molar-refractivity contribution in [2.75, 3.05) is 6.61 Å². The quantitative estimate of drug-likeness (QED) is 0.503. The summed E-state index contributed by atoms with van der Waals surface area (Å²) in [5.74, 6) is -0.546.